The molecular formula is C6H9Cl2N3O. The Morgan fingerprint density at radius 2 is 2.25 bits per heavy atom. The second-order valence-electron chi connectivity index (χ2n) is 1.82. The molecule has 0 aliphatic heterocycles. The van der Waals surface area contributed by atoms with E-state index in [0.29, 0.717) is 24.2 Å². The molecule has 1 aromatic rings. The molecule has 0 atom stereocenters. The molecule has 68 valence electrons. The third kappa shape index (κ3) is 3.71. The maximum atomic E-state index is 5.54. The normalized spacial score (nSPS) is 8.83. The van der Waals surface area contributed by atoms with Crippen molar-refractivity contribution in [1.82, 2.24) is 9.97 Å². The van der Waals surface area contributed by atoms with Crippen LogP contribution in [0.3, 0.4) is 0 Å². The lowest BCUT2D eigenvalue weighted by molar-refractivity contribution is 0.314. The van der Waals surface area contributed by atoms with E-state index in [1.807, 2.05) is 0 Å². The van der Waals surface area contributed by atoms with Gasteiger partial charge in [-0.1, -0.05) is 11.6 Å². The molecule has 0 spiro atoms. The number of hydrogen-bond acceptors (Lipinski definition) is 4. The van der Waals surface area contributed by atoms with Crippen molar-refractivity contribution < 1.29 is 4.74 Å². The van der Waals surface area contributed by atoms with Gasteiger partial charge in [0.05, 0.1) is 12.4 Å². The Balaban J connectivity index is 0.00000121. The van der Waals surface area contributed by atoms with Crippen molar-refractivity contribution in [3.05, 3.63) is 17.5 Å². The van der Waals surface area contributed by atoms with Crippen LogP contribution in [0.15, 0.2) is 12.4 Å². The minimum absolute atomic E-state index is 0. The number of aromatic nitrogens is 2. The van der Waals surface area contributed by atoms with Gasteiger partial charge in [-0.25, -0.2) is 0 Å². The summed E-state index contributed by atoms with van der Waals surface area (Å²) in [4.78, 5) is 7.61. The number of nitrogens with two attached hydrogens (primary N) is 1. The quantitative estimate of drug-likeness (QED) is 0.804. The first-order chi connectivity index (χ1) is 5.33. The fraction of sp³-hybridized carbons (Fsp3) is 0.333. The molecule has 4 nitrogen and oxygen atoms in total. The van der Waals surface area contributed by atoms with E-state index in [-0.39, 0.29) is 12.4 Å². The van der Waals surface area contributed by atoms with Gasteiger partial charge in [-0.2, -0.15) is 4.98 Å². The highest BCUT2D eigenvalue weighted by molar-refractivity contribution is 6.29. The van der Waals surface area contributed by atoms with E-state index in [0.717, 1.165) is 0 Å². The third-order valence-corrected chi connectivity index (χ3v) is 1.13. The fourth-order valence-electron chi connectivity index (χ4n) is 0.559. The van der Waals surface area contributed by atoms with Gasteiger partial charge >= 0.3 is 0 Å². The maximum absolute atomic E-state index is 5.54. The van der Waals surface area contributed by atoms with Crippen LogP contribution >= 0.6 is 24.0 Å². The standard InChI is InChI=1S/C6H8ClN3O.ClH/c7-5-3-9-4-6(10-5)11-2-1-8;/h3-4H,1-2,8H2;1H. The lowest BCUT2D eigenvalue weighted by Crippen LogP contribution is -2.11. The van der Waals surface area contributed by atoms with E-state index < -0.39 is 0 Å². The number of hydrogen-bond donors (Lipinski definition) is 1. The summed E-state index contributed by atoms with van der Waals surface area (Å²) in [6, 6.07) is 0. The molecule has 0 amide bonds. The first-order valence-corrected chi connectivity index (χ1v) is 3.51. The Kier molecular flexibility index (Phi) is 5.70. The van der Waals surface area contributed by atoms with Crippen LogP contribution in [0.1, 0.15) is 0 Å². The topological polar surface area (TPSA) is 61.0 Å². The van der Waals surface area contributed by atoms with Gasteiger partial charge in [0.1, 0.15) is 6.61 Å². The molecule has 1 rings (SSSR count). The Bertz CT molecular complexity index is 234. The van der Waals surface area contributed by atoms with Crippen molar-refractivity contribution in [1.29, 1.82) is 0 Å². The number of nitrogens with zero attached hydrogens (tertiary/aromatic N) is 2. The molecular weight excluding hydrogens is 201 g/mol. The number of ether oxygens (including phenoxy) is 1. The zero-order valence-electron chi connectivity index (χ0n) is 6.24. The minimum Gasteiger partial charge on any atom is -0.475 e. The fourth-order valence-corrected chi connectivity index (χ4v) is 0.698. The van der Waals surface area contributed by atoms with Crippen LogP contribution in [-0.4, -0.2) is 23.1 Å². The van der Waals surface area contributed by atoms with Crippen LogP contribution in [0.2, 0.25) is 5.15 Å². The van der Waals surface area contributed by atoms with E-state index in [9.17, 15) is 0 Å². The molecule has 12 heavy (non-hydrogen) atoms. The van der Waals surface area contributed by atoms with E-state index >= 15 is 0 Å². The van der Waals surface area contributed by atoms with Crippen LogP contribution in [0.25, 0.3) is 0 Å². The van der Waals surface area contributed by atoms with Gasteiger partial charge in [-0.3, -0.25) is 4.98 Å². The second-order valence-corrected chi connectivity index (χ2v) is 2.20. The summed E-state index contributed by atoms with van der Waals surface area (Å²) in [5, 5.41) is 0.319. The molecule has 1 aromatic heterocycles. The van der Waals surface area contributed by atoms with E-state index in [2.05, 4.69) is 9.97 Å². The van der Waals surface area contributed by atoms with Gasteiger partial charge in [0, 0.05) is 6.54 Å². The maximum Gasteiger partial charge on any atom is 0.233 e. The largest absolute Gasteiger partial charge is 0.475 e. The van der Waals surface area contributed by atoms with E-state index in [1.54, 1.807) is 0 Å². The van der Waals surface area contributed by atoms with Crippen molar-refractivity contribution in [2.24, 2.45) is 5.73 Å². The number of halogens is 2. The van der Waals surface area contributed by atoms with Crippen molar-refractivity contribution in [3.63, 3.8) is 0 Å². The summed E-state index contributed by atoms with van der Waals surface area (Å²) in [6.07, 6.45) is 2.93. The van der Waals surface area contributed by atoms with Crippen molar-refractivity contribution in [2.75, 3.05) is 13.2 Å². The molecule has 0 aromatic carbocycles. The van der Waals surface area contributed by atoms with E-state index in [4.69, 9.17) is 22.1 Å². The highest BCUT2D eigenvalue weighted by Crippen LogP contribution is 2.08. The van der Waals surface area contributed by atoms with Crippen LogP contribution < -0.4 is 10.5 Å². The molecule has 0 radical (unpaired) electrons. The molecule has 2 N–H and O–H groups in total. The van der Waals surface area contributed by atoms with Gasteiger partial charge in [-0.05, 0) is 0 Å². The summed E-state index contributed by atoms with van der Waals surface area (Å²) in [5.74, 6) is 0.406. The van der Waals surface area contributed by atoms with Gasteiger partial charge in [0.15, 0.2) is 5.15 Å². The second kappa shape index (κ2) is 5.99. The summed E-state index contributed by atoms with van der Waals surface area (Å²) in [5.41, 5.74) is 5.21. The SMILES string of the molecule is Cl.NCCOc1cncc(Cl)n1. The Morgan fingerprint density at radius 3 is 2.83 bits per heavy atom. The van der Waals surface area contributed by atoms with Gasteiger partial charge in [-0.15, -0.1) is 12.4 Å². The summed E-state index contributed by atoms with van der Waals surface area (Å²) < 4.78 is 5.05. The van der Waals surface area contributed by atoms with Crippen molar-refractivity contribution in [3.8, 4) is 5.88 Å². The molecule has 6 heteroatoms. The average Bonchev–Trinajstić information content (AvgIpc) is 2.01. The van der Waals surface area contributed by atoms with Crippen LogP contribution in [-0.2, 0) is 0 Å². The molecule has 0 saturated heterocycles. The Labute approximate surface area is 81.5 Å². The van der Waals surface area contributed by atoms with Crippen molar-refractivity contribution in [2.45, 2.75) is 0 Å². The van der Waals surface area contributed by atoms with Crippen LogP contribution in [0.4, 0.5) is 0 Å². The minimum atomic E-state index is 0. The molecule has 1 heterocycles. The molecule has 0 saturated carbocycles. The first kappa shape index (κ1) is 11.4. The van der Waals surface area contributed by atoms with E-state index in [1.165, 1.54) is 12.4 Å². The average molecular weight is 210 g/mol. The van der Waals surface area contributed by atoms with Gasteiger partial charge in [0.2, 0.25) is 5.88 Å². The summed E-state index contributed by atoms with van der Waals surface area (Å²) in [6.45, 7) is 0.878. The lowest BCUT2D eigenvalue weighted by atomic mass is 10.7. The predicted molar refractivity (Wildman–Crippen MR) is 48.8 cm³/mol. The molecule has 0 fully saturated rings. The monoisotopic (exact) mass is 209 g/mol. The molecule has 0 unspecified atom stereocenters. The predicted octanol–water partition coefficient (Wildman–Crippen LogP) is 0.889. The van der Waals surface area contributed by atoms with Gasteiger partial charge in [0.25, 0.3) is 0 Å². The van der Waals surface area contributed by atoms with Crippen LogP contribution in [0.5, 0.6) is 5.88 Å². The molecule has 0 aliphatic carbocycles. The highest BCUT2D eigenvalue weighted by atomic mass is 35.5. The number of rotatable bonds is 3. The molecule has 0 bridgehead atoms. The third-order valence-electron chi connectivity index (χ3n) is 0.951. The van der Waals surface area contributed by atoms with Crippen molar-refractivity contribution >= 4 is 24.0 Å². The smallest absolute Gasteiger partial charge is 0.233 e. The van der Waals surface area contributed by atoms with Crippen LogP contribution in [0, 0.1) is 0 Å². The molecule has 0 aliphatic rings. The Morgan fingerprint density at radius 1 is 1.50 bits per heavy atom. The summed E-state index contributed by atoms with van der Waals surface area (Å²) in [7, 11) is 0. The summed E-state index contributed by atoms with van der Waals surface area (Å²) >= 11 is 5.54. The first-order valence-electron chi connectivity index (χ1n) is 3.13. The van der Waals surface area contributed by atoms with Gasteiger partial charge < -0.3 is 10.5 Å². The zero-order valence-corrected chi connectivity index (χ0v) is 7.81. The Hall–Kier alpha value is -0.580. The highest BCUT2D eigenvalue weighted by Gasteiger charge is 1.94. The zero-order chi connectivity index (χ0) is 8.10. The lowest BCUT2D eigenvalue weighted by Gasteiger charge is -2.01.